The molecule has 1 aromatic carbocycles. The Morgan fingerprint density at radius 2 is 2.15 bits per heavy atom. The van der Waals surface area contributed by atoms with Gasteiger partial charge in [-0.05, 0) is 24.6 Å². The van der Waals surface area contributed by atoms with Gasteiger partial charge in [0.15, 0.2) is 11.6 Å². The van der Waals surface area contributed by atoms with Crippen LogP contribution in [0.1, 0.15) is 22.3 Å². The second kappa shape index (κ2) is 6.88. The fourth-order valence-corrected chi connectivity index (χ4v) is 2.75. The number of ether oxygens (including phenoxy) is 1. The van der Waals surface area contributed by atoms with E-state index in [4.69, 9.17) is 4.74 Å². The molecule has 20 heavy (non-hydrogen) atoms. The van der Waals surface area contributed by atoms with E-state index in [1.54, 1.807) is 13.2 Å². The molecule has 0 aliphatic rings. The molecule has 1 N–H and O–H groups in total. The van der Waals surface area contributed by atoms with Crippen molar-refractivity contribution in [2.75, 3.05) is 20.3 Å². The number of aromatic nitrogens is 1. The van der Waals surface area contributed by atoms with Gasteiger partial charge in [0.2, 0.25) is 0 Å². The van der Waals surface area contributed by atoms with Gasteiger partial charge in [-0.15, -0.1) is 11.3 Å². The van der Waals surface area contributed by atoms with Gasteiger partial charge >= 0.3 is 0 Å². The standard InChI is InChI=1S/C14H16F2N2OS/c1-9-8-20-14(18-9)13(17-5-6-19-2)10-3-4-11(15)12(16)7-10/h3-4,7-8,13,17H,5-6H2,1-2H3. The van der Waals surface area contributed by atoms with Crippen LogP contribution in [0.25, 0.3) is 0 Å². The van der Waals surface area contributed by atoms with E-state index in [0.717, 1.165) is 16.8 Å². The fraction of sp³-hybridized carbons (Fsp3) is 0.357. The van der Waals surface area contributed by atoms with E-state index in [1.165, 1.54) is 17.4 Å². The van der Waals surface area contributed by atoms with Crippen molar-refractivity contribution in [3.63, 3.8) is 0 Å². The van der Waals surface area contributed by atoms with Crippen LogP contribution in [0.15, 0.2) is 23.6 Å². The average Bonchev–Trinajstić information content (AvgIpc) is 2.85. The molecular formula is C14H16F2N2OS. The summed E-state index contributed by atoms with van der Waals surface area (Å²) in [5, 5.41) is 6.00. The highest BCUT2D eigenvalue weighted by Gasteiger charge is 2.18. The van der Waals surface area contributed by atoms with Crippen molar-refractivity contribution in [1.29, 1.82) is 0 Å². The first kappa shape index (κ1) is 15.0. The van der Waals surface area contributed by atoms with E-state index < -0.39 is 11.6 Å². The molecule has 0 aliphatic heterocycles. The minimum Gasteiger partial charge on any atom is -0.383 e. The van der Waals surface area contributed by atoms with E-state index >= 15 is 0 Å². The Kier molecular flexibility index (Phi) is 5.17. The van der Waals surface area contributed by atoms with Crippen molar-refractivity contribution in [2.45, 2.75) is 13.0 Å². The number of aryl methyl sites for hydroxylation is 1. The molecule has 0 saturated heterocycles. The molecule has 1 unspecified atom stereocenters. The summed E-state index contributed by atoms with van der Waals surface area (Å²) in [5.74, 6) is -1.70. The van der Waals surface area contributed by atoms with Crippen molar-refractivity contribution < 1.29 is 13.5 Å². The third-order valence-corrected chi connectivity index (χ3v) is 3.84. The second-order valence-corrected chi connectivity index (χ2v) is 5.27. The zero-order chi connectivity index (χ0) is 14.5. The van der Waals surface area contributed by atoms with Gasteiger partial charge in [0.05, 0.1) is 12.6 Å². The molecule has 108 valence electrons. The molecule has 0 aliphatic carbocycles. The molecule has 0 radical (unpaired) electrons. The normalized spacial score (nSPS) is 12.6. The van der Waals surface area contributed by atoms with Crippen LogP contribution in [0.3, 0.4) is 0 Å². The summed E-state index contributed by atoms with van der Waals surface area (Å²) in [5.41, 5.74) is 1.56. The number of hydrogen-bond donors (Lipinski definition) is 1. The van der Waals surface area contributed by atoms with Crippen LogP contribution in [-0.4, -0.2) is 25.2 Å². The van der Waals surface area contributed by atoms with Crippen LogP contribution in [0.4, 0.5) is 8.78 Å². The summed E-state index contributed by atoms with van der Waals surface area (Å²) >= 11 is 1.49. The van der Waals surface area contributed by atoms with E-state index in [2.05, 4.69) is 10.3 Å². The first-order valence-corrected chi connectivity index (χ1v) is 7.09. The SMILES string of the molecule is COCCNC(c1ccc(F)c(F)c1)c1nc(C)cs1. The maximum absolute atomic E-state index is 13.4. The molecule has 0 fully saturated rings. The molecule has 1 heterocycles. The molecule has 0 spiro atoms. The number of halogens is 2. The predicted octanol–water partition coefficient (Wildman–Crippen LogP) is 3.06. The zero-order valence-electron chi connectivity index (χ0n) is 11.3. The summed E-state index contributed by atoms with van der Waals surface area (Å²) in [6.45, 7) is 3.03. The number of hydrogen-bond acceptors (Lipinski definition) is 4. The average molecular weight is 298 g/mol. The Balaban J connectivity index is 2.27. The Morgan fingerprint density at radius 3 is 2.75 bits per heavy atom. The Labute approximate surface area is 120 Å². The lowest BCUT2D eigenvalue weighted by Gasteiger charge is -2.17. The summed E-state index contributed by atoms with van der Waals surface area (Å²) in [6, 6.07) is 3.64. The monoisotopic (exact) mass is 298 g/mol. The Hall–Kier alpha value is -1.37. The van der Waals surface area contributed by atoms with Crippen molar-refractivity contribution in [1.82, 2.24) is 10.3 Å². The van der Waals surface area contributed by atoms with Crippen LogP contribution in [0.2, 0.25) is 0 Å². The number of benzene rings is 1. The third kappa shape index (κ3) is 3.59. The molecule has 1 aromatic heterocycles. The summed E-state index contributed by atoms with van der Waals surface area (Å²) in [6.07, 6.45) is 0. The molecule has 6 heteroatoms. The molecule has 0 bridgehead atoms. The van der Waals surface area contributed by atoms with Crippen LogP contribution >= 0.6 is 11.3 Å². The lowest BCUT2D eigenvalue weighted by molar-refractivity contribution is 0.197. The fourth-order valence-electron chi connectivity index (χ4n) is 1.85. The van der Waals surface area contributed by atoms with Gasteiger partial charge in [0.25, 0.3) is 0 Å². The topological polar surface area (TPSA) is 34.1 Å². The Bertz CT molecular complexity index is 574. The van der Waals surface area contributed by atoms with Crippen LogP contribution < -0.4 is 5.32 Å². The van der Waals surface area contributed by atoms with Crippen LogP contribution in [0.5, 0.6) is 0 Å². The molecule has 3 nitrogen and oxygen atoms in total. The van der Waals surface area contributed by atoms with Gasteiger partial charge in [-0.1, -0.05) is 6.07 Å². The van der Waals surface area contributed by atoms with Gasteiger partial charge in [-0.2, -0.15) is 0 Å². The minimum absolute atomic E-state index is 0.265. The second-order valence-electron chi connectivity index (χ2n) is 4.38. The third-order valence-electron chi connectivity index (χ3n) is 2.82. The van der Waals surface area contributed by atoms with Crippen molar-refractivity contribution in [2.24, 2.45) is 0 Å². The minimum atomic E-state index is -0.852. The number of methoxy groups -OCH3 is 1. The zero-order valence-corrected chi connectivity index (χ0v) is 12.1. The van der Waals surface area contributed by atoms with Gasteiger partial charge in [-0.25, -0.2) is 13.8 Å². The highest BCUT2D eigenvalue weighted by Crippen LogP contribution is 2.26. The first-order valence-electron chi connectivity index (χ1n) is 6.21. The maximum atomic E-state index is 13.4. The van der Waals surface area contributed by atoms with Crippen molar-refractivity contribution >= 4 is 11.3 Å². The van der Waals surface area contributed by atoms with Gasteiger partial charge in [-0.3, -0.25) is 0 Å². The van der Waals surface area contributed by atoms with Gasteiger partial charge in [0, 0.05) is 24.7 Å². The molecule has 0 saturated carbocycles. The summed E-state index contributed by atoms with van der Waals surface area (Å²) in [7, 11) is 1.61. The molecule has 2 rings (SSSR count). The van der Waals surface area contributed by atoms with E-state index in [9.17, 15) is 8.78 Å². The number of nitrogens with one attached hydrogen (secondary N) is 1. The number of thiazole rings is 1. The smallest absolute Gasteiger partial charge is 0.159 e. The number of nitrogens with zero attached hydrogens (tertiary/aromatic N) is 1. The predicted molar refractivity (Wildman–Crippen MR) is 74.9 cm³/mol. The van der Waals surface area contributed by atoms with E-state index in [-0.39, 0.29) is 6.04 Å². The van der Waals surface area contributed by atoms with E-state index in [0.29, 0.717) is 18.7 Å². The highest BCUT2D eigenvalue weighted by molar-refractivity contribution is 7.09. The van der Waals surface area contributed by atoms with Crippen LogP contribution in [-0.2, 0) is 4.74 Å². The Morgan fingerprint density at radius 1 is 1.35 bits per heavy atom. The largest absolute Gasteiger partial charge is 0.383 e. The van der Waals surface area contributed by atoms with Crippen molar-refractivity contribution in [3.8, 4) is 0 Å². The van der Waals surface area contributed by atoms with Crippen LogP contribution in [0, 0.1) is 18.6 Å². The lowest BCUT2D eigenvalue weighted by Crippen LogP contribution is -2.26. The highest BCUT2D eigenvalue weighted by atomic mass is 32.1. The van der Waals surface area contributed by atoms with Crippen molar-refractivity contribution in [3.05, 3.63) is 51.5 Å². The molecule has 1 atom stereocenters. The van der Waals surface area contributed by atoms with Gasteiger partial charge in [0.1, 0.15) is 5.01 Å². The quantitative estimate of drug-likeness (QED) is 0.832. The van der Waals surface area contributed by atoms with E-state index in [1.807, 2.05) is 12.3 Å². The molecule has 2 aromatic rings. The maximum Gasteiger partial charge on any atom is 0.159 e. The molecule has 0 amide bonds. The van der Waals surface area contributed by atoms with Gasteiger partial charge < -0.3 is 10.1 Å². The summed E-state index contributed by atoms with van der Waals surface area (Å²) in [4.78, 5) is 4.42. The number of rotatable bonds is 6. The lowest BCUT2D eigenvalue weighted by atomic mass is 10.1. The first-order chi connectivity index (χ1) is 9.61. The summed E-state index contributed by atoms with van der Waals surface area (Å²) < 4.78 is 31.4. The molecular weight excluding hydrogens is 282 g/mol.